The third-order valence-corrected chi connectivity index (χ3v) is 6.36. The molecule has 1 heterocycles. The molecule has 0 bridgehead atoms. The van der Waals surface area contributed by atoms with E-state index in [1.54, 1.807) is 23.1 Å². The fourth-order valence-electron chi connectivity index (χ4n) is 3.54. The Bertz CT molecular complexity index is 1280. The maximum atomic E-state index is 13.4. The van der Waals surface area contributed by atoms with Crippen LogP contribution in [0.3, 0.4) is 0 Å². The van der Waals surface area contributed by atoms with Crippen LogP contribution >= 0.6 is 11.6 Å². The highest BCUT2D eigenvalue weighted by molar-refractivity contribution is 7.86. The van der Waals surface area contributed by atoms with Crippen LogP contribution in [-0.4, -0.2) is 31.9 Å². The number of anilines is 2. The fourth-order valence-corrected chi connectivity index (χ4v) is 4.53. The number of hydrogen-bond acceptors (Lipinski definition) is 8. The number of nitrogens with two attached hydrogens (primary N) is 2. The number of aryl methyl sites for hydroxylation is 2. The average Bonchev–Trinajstić information content (AvgIpc) is 2.66. The van der Waals surface area contributed by atoms with Crippen molar-refractivity contribution < 1.29 is 17.1 Å². The lowest BCUT2D eigenvalue weighted by atomic mass is 10.1. The lowest BCUT2D eigenvalue weighted by Crippen LogP contribution is -2.54. The molecule has 33 heavy (non-hydrogen) atoms. The first-order valence-electron chi connectivity index (χ1n) is 9.91. The molecule has 176 valence electrons. The van der Waals surface area contributed by atoms with Crippen LogP contribution in [0.25, 0.3) is 0 Å². The number of hydrogen-bond donors (Lipinski definition) is 3. The Hall–Kier alpha value is -3.18. The summed E-state index contributed by atoms with van der Waals surface area (Å²) in [4.78, 5) is 21.9. The molecule has 0 aromatic heterocycles. The van der Waals surface area contributed by atoms with Crippen molar-refractivity contribution in [3.05, 3.63) is 52.5 Å². The molecule has 0 fully saturated rings. The van der Waals surface area contributed by atoms with Crippen LogP contribution in [0, 0.1) is 6.92 Å². The van der Waals surface area contributed by atoms with Gasteiger partial charge in [-0.25, -0.2) is 4.99 Å². The summed E-state index contributed by atoms with van der Waals surface area (Å²) in [6.07, 6.45) is 0.396. The van der Waals surface area contributed by atoms with E-state index in [4.69, 9.17) is 23.1 Å². The molecule has 0 saturated heterocycles. The number of guanidine groups is 2. The van der Waals surface area contributed by atoms with Gasteiger partial charge in [-0.15, -0.1) is 3.89 Å². The van der Waals surface area contributed by atoms with E-state index in [0.29, 0.717) is 17.1 Å². The highest BCUT2D eigenvalue weighted by Gasteiger charge is 2.33. The summed E-state index contributed by atoms with van der Waals surface area (Å²) in [6, 6.07) is 9.28. The minimum absolute atomic E-state index is 0.0737. The van der Waals surface area contributed by atoms with Crippen molar-refractivity contribution in [2.24, 2.45) is 21.5 Å². The van der Waals surface area contributed by atoms with Crippen LogP contribution in [0.2, 0.25) is 5.02 Å². The maximum Gasteiger partial charge on any atom is 0.332 e. The SMILES string of the molecule is Cc1ccc(NC(=O)CCc2ccc(N3C(N)=NC(N)=NC3(C)C)cc2Cl)cc1S(=O)(=O)F. The molecule has 0 spiro atoms. The predicted molar refractivity (Wildman–Crippen MR) is 128 cm³/mol. The highest BCUT2D eigenvalue weighted by Crippen LogP contribution is 2.31. The molecule has 1 aliphatic rings. The second kappa shape index (κ2) is 8.99. The number of benzene rings is 2. The molecular weight excluding hydrogens is 471 g/mol. The zero-order valence-corrected chi connectivity index (χ0v) is 19.8. The summed E-state index contributed by atoms with van der Waals surface area (Å²) in [6.45, 7) is 5.13. The van der Waals surface area contributed by atoms with Gasteiger partial charge in [0.2, 0.25) is 17.8 Å². The van der Waals surface area contributed by atoms with Crippen molar-refractivity contribution in [1.29, 1.82) is 0 Å². The number of aliphatic imine (C=N–C) groups is 2. The van der Waals surface area contributed by atoms with Gasteiger partial charge in [-0.1, -0.05) is 23.7 Å². The lowest BCUT2D eigenvalue weighted by molar-refractivity contribution is -0.116. The van der Waals surface area contributed by atoms with Crippen molar-refractivity contribution in [3.63, 3.8) is 0 Å². The summed E-state index contributed by atoms with van der Waals surface area (Å²) in [5.41, 5.74) is 12.8. The Morgan fingerprint density at radius 3 is 2.52 bits per heavy atom. The summed E-state index contributed by atoms with van der Waals surface area (Å²) in [5, 5.41) is 3.00. The molecule has 0 atom stereocenters. The maximum absolute atomic E-state index is 13.4. The van der Waals surface area contributed by atoms with E-state index in [1.807, 2.05) is 13.8 Å². The molecule has 2 aromatic carbocycles. The molecule has 3 rings (SSSR count). The second-order valence-corrected chi connectivity index (χ2v) is 9.73. The Kier molecular flexibility index (Phi) is 6.66. The van der Waals surface area contributed by atoms with Crippen molar-refractivity contribution in [2.45, 2.75) is 44.2 Å². The Labute approximate surface area is 196 Å². The molecule has 0 aliphatic carbocycles. The first kappa shape index (κ1) is 24.5. The standard InChI is InChI=1S/C21H24ClFN6O3S/c1-12-4-7-14(10-17(12)33(23,31)32)26-18(30)9-6-13-5-8-15(11-16(13)22)29-20(25)27-19(24)28-21(29,2)3/h4-5,7-8,10-11H,6,9H2,1-3H3,(H,26,30)(H4,24,25,27,28). The molecular formula is C21H24ClFN6O3S. The van der Waals surface area contributed by atoms with Crippen molar-refractivity contribution in [3.8, 4) is 0 Å². The van der Waals surface area contributed by atoms with E-state index < -0.39 is 20.8 Å². The third-order valence-electron chi connectivity index (χ3n) is 5.04. The van der Waals surface area contributed by atoms with Gasteiger partial charge in [0.05, 0.1) is 0 Å². The molecule has 0 saturated carbocycles. The van der Waals surface area contributed by atoms with Gasteiger partial charge in [-0.3, -0.25) is 9.69 Å². The number of halogens is 2. The van der Waals surface area contributed by atoms with Crippen LogP contribution in [0.4, 0.5) is 15.3 Å². The zero-order chi connectivity index (χ0) is 24.6. The van der Waals surface area contributed by atoms with Gasteiger partial charge >= 0.3 is 10.2 Å². The summed E-state index contributed by atoms with van der Waals surface area (Å²) in [7, 11) is -4.89. The third kappa shape index (κ3) is 5.60. The van der Waals surface area contributed by atoms with Crippen molar-refractivity contribution in [1.82, 2.24) is 0 Å². The summed E-state index contributed by atoms with van der Waals surface area (Å²) >= 11 is 6.44. The van der Waals surface area contributed by atoms with Gasteiger partial charge in [0.1, 0.15) is 10.6 Å². The van der Waals surface area contributed by atoms with Crippen LogP contribution in [0.15, 0.2) is 51.3 Å². The number of amides is 1. The van der Waals surface area contributed by atoms with Gasteiger partial charge in [0.15, 0.2) is 0 Å². The molecule has 9 nitrogen and oxygen atoms in total. The Morgan fingerprint density at radius 2 is 1.91 bits per heavy atom. The summed E-state index contributed by atoms with van der Waals surface area (Å²) in [5.74, 6) is -0.102. The minimum Gasteiger partial charge on any atom is -0.369 e. The molecule has 0 radical (unpaired) electrons. The molecule has 2 aromatic rings. The number of nitrogens with one attached hydrogen (secondary N) is 1. The molecule has 1 amide bonds. The first-order valence-corrected chi connectivity index (χ1v) is 11.7. The number of nitrogens with zero attached hydrogens (tertiary/aromatic N) is 3. The lowest BCUT2D eigenvalue weighted by Gasteiger charge is -2.38. The van der Waals surface area contributed by atoms with Gasteiger partial charge < -0.3 is 16.8 Å². The van der Waals surface area contributed by atoms with E-state index in [0.717, 1.165) is 11.6 Å². The van der Waals surface area contributed by atoms with Gasteiger partial charge in [0.25, 0.3) is 0 Å². The van der Waals surface area contributed by atoms with Crippen molar-refractivity contribution >= 4 is 51.0 Å². The van der Waals surface area contributed by atoms with Gasteiger partial charge in [-0.2, -0.15) is 13.4 Å². The van der Waals surface area contributed by atoms with E-state index >= 15 is 0 Å². The fraction of sp³-hybridized carbons (Fsp3) is 0.286. The monoisotopic (exact) mass is 494 g/mol. The molecule has 12 heteroatoms. The van der Waals surface area contributed by atoms with Crippen LogP contribution in [-0.2, 0) is 21.4 Å². The zero-order valence-electron chi connectivity index (χ0n) is 18.3. The van der Waals surface area contributed by atoms with E-state index in [9.17, 15) is 17.1 Å². The molecule has 1 aliphatic heterocycles. The van der Waals surface area contributed by atoms with Crippen LogP contribution in [0.5, 0.6) is 0 Å². The topological polar surface area (TPSA) is 143 Å². The van der Waals surface area contributed by atoms with E-state index in [-0.39, 0.29) is 35.5 Å². The quantitative estimate of drug-likeness (QED) is 0.526. The Morgan fingerprint density at radius 1 is 1.21 bits per heavy atom. The summed E-state index contributed by atoms with van der Waals surface area (Å²) < 4.78 is 35.8. The van der Waals surface area contributed by atoms with Crippen molar-refractivity contribution in [2.75, 3.05) is 10.2 Å². The normalized spacial score (nSPS) is 15.6. The number of carbonyl (C=O) groups is 1. The van der Waals surface area contributed by atoms with Gasteiger partial charge in [-0.05, 0) is 62.6 Å². The van der Waals surface area contributed by atoms with E-state index in [2.05, 4.69) is 15.3 Å². The average molecular weight is 495 g/mol. The largest absolute Gasteiger partial charge is 0.369 e. The first-order chi connectivity index (χ1) is 15.3. The predicted octanol–water partition coefficient (Wildman–Crippen LogP) is 3.06. The van der Waals surface area contributed by atoms with Crippen LogP contribution < -0.4 is 21.7 Å². The molecule has 5 N–H and O–H groups in total. The smallest absolute Gasteiger partial charge is 0.332 e. The second-order valence-electron chi connectivity index (χ2n) is 8.01. The minimum atomic E-state index is -4.89. The molecule has 0 unspecified atom stereocenters. The van der Waals surface area contributed by atoms with Crippen LogP contribution in [0.1, 0.15) is 31.4 Å². The number of rotatable bonds is 6. The number of carbonyl (C=O) groups excluding carboxylic acids is 1. The van der Waals surface area contributed by atoms with Gasteiger partial charge in [0, 0.05) is 22.8 Å². The Balaban J connectivity index is 1.70. The van der Waals surface area contributed by atoms with E-state index in [1.165, 1.54) is 19.1 Å². The highest BCUT2D eigenvalue weighted by atomic mass is 35.5.